The van der Waals surface area contributed by atoms with Crippen LogP contribution in [0.3, 0.4) is 0 Å². The fourth-order valence-corrected chi connectivity index (χ4v) is 1.59. The van der Waals surface area contributed by atoms with Crippen molar-refractivity contribution in [3.05, 3.63) is 47.4 Å². The van der Waals surface area contributed by atoms with Gasteiger partial charge in [-0.15, -0.1) is 0 Å². The molecule has 0 saturated carbocycles. The molecule has 5 heteroatoms. The van der Waals surface area contributed by atoms with Crippen molar-refractivity contribution in [2.24, 2.45) is 0 Å². The van der Waals surface area contributed by atoms with E-state index in [4.69, 9.17) is 0 Å². The Morgan fingerprint density at radius 2 is 1.89 bits per heavy atom. The van der Waals surface area contributed by atoms with Crippen molar-refractivity contribution in [3.8, 4) is 0 Å². The number of nitrogens with zero attached hydrogens (tertiary/aromatic N) is 2. The predicted octanol–water partition coefficient (Wildman–Crippen LogP) is 2.39. The van der Waals surface area contributed by atoms with Crippen LogP contribution < -0.4 is 10.6 Å². The van der Waals surface area contributed by atoms with Gasteiger partial charge in [0, 0.05) is 12.7 Å². The highest BCUT2D eigenvalue weighted by molar-refractivity contribution is 6.02. The third kappa shape index (κ3) is 3.07. The Morgan fingerprint density at radius 3 is 2.47 bits per heavy atom. The zero-order valence-electron chi connectivity index (χ0n) is 11.2. The summed E-state index contributed by atoms with van der Waals surface area (Å²) in [5.41, 5.74) is 3.37. The van der Waals surface area contributed by atoms with Crippen LogP contribution in [-0.2, 0) is 0 Å². The molecule has 0 spiro atoms. The van der Waals surface area contributed by atoms with E-state index in [0.29, 0.717) is 5.82 Å². The van der Waals surface area contributed by atoms with E-state index in [0.717, 1.165) is 11.3 Å². The van der Waals surface area contributed by atoms with Crippen molar-refractivity contribution in [2.45, 2.75) is 13.8 Å². The van der Waals surface area contributed by atoms with Gasteiger partial charge < -0.3 is 10.6 Å². The Labute approximate surface area is 112 Å². The van der Waals surface area contributed by atoms with Gasteiger partial charge in [0.25, 0.3) is 5.91 Å². The highest BCUT2D eigenvalue weighted by Crippen LogP contribution is 2.14. The molecule has 5 nitrogen and oxygen atoms in total. The summed E-state index contributed by atoms with van der Waals surface area (Å²) in [6, 6.07) is 5.78. The molecule has 0 saturated heterocycles. The van der Waals surface area contributed by atoms with Crippen LogP contribution in [0.15, 0.2) is 30.6 Å². The van der Waals surface area contributed by atoms with Crippen molar-refractivity contribution < 1.29 is 4.79 Å². The van der Waals surface area contributed by atoms with Crippen LogP contribution in [0.1, 0.15) is 21.6 Å². The first kappa shape index (κ1) is 13.0. The zero-order chi connectivity index (χ0) is 13.8. The van der Waals surface area contributed by atoms with Crippen molar-refractivity contribution in [1.29, 1.82) is 0 Å². The van der Waals surface area contributed by atoms with E-state index in [2.05, 4.69) is 20.6 Å². The van der Waals surface area contributed by atoms with Gasteiger partial charge in [0.15, 0.2) is 0 Å². The number of carbonyl (C=O) groups excluding carboxylic acids is 1. The summed E-state index contributed by atoms with van der Waals surface area (Å²) in [6.07, 6.45) is 2.97. The first-order valence-corrected chi connectivity index (χ1v) is 5.98. The van der Waals surface area contributed by atoms with Gasteiger partial charge in [-0.3, -0.25) is 4.79 Å². The molecule has 2 aromatic rings. The first-order valence-electron chi connectivity index (χ1n) is 5.98. The van der Waals surface area contributed by atoms with E-state index in [1.54, 1.807) is 7.05 Å². The van der Waals surface area contributed by atoms with Crippen LogP contribution in [-0.4, -0.2) is 22.9 Å². The third-order valence-electron chi connectivity index (χ3n) is 2.91. The van der Waals surface area contributed by atoms with Crippen LogP contribution in [0.2, 0.25) is 0 Å². The molecule has 0 aliphatic rings. The molecular weight excluding hydrogens is 240 g/mol. The minimum atomic E-state index is -0.265. The fraction of sp³-hybridized carbons (Fsp3) is 0.214. The van der Waals surface area contributed by atoms with Crippen molar-refractivity contribution >= 4 is 17.4 Å². The maximum absolute atomic E-state index is 12.0. The number of amides is 1. The zero-order valence-corrected chi connectivity index (χ0v) is 11.2. The quantitative estimate of drug-likeness (QED) is 0.884. The lowest BCUT2D eigenvalue weighted by Crippen LogP contribution is -2.14. The van der Waals surface area contributed by atoms with Crippen LogP contribution >= 0.6 is 0 Å². The first-order chi connectivity index (χ1) is 9.10. The smallest absolute Gasteiger partial charge is 0.275 e. The molecule has 1 aromatic carbocycles. The highest BCUT2D eigenvalue weighted by atomic mass is 16.1. The summed E-state index contributed by atoms with van der Waals surface area (Å²) in [7, 11) is 1.75. The number of anilines is 2. The third-order valence-corrected chi connectivity index (χ3v) is 2.91. The van der Waals surface area contributed by atoms with E-state index >= 15 is 0 Å². The van der Waals surface area contributed by atoms with Gasteiger partial charge in [-0.1, -0.05) is 6.07 Å². The van der Waals surface area contributed by atoms with Crippen LogP contribution in [0.4, 0.5) is 11.5 Å². The van der Waals surface area contributed by atoms with Gasteiger partial charge >= 0.3 is 0 Å². The number of aromatic nitrogens is 2. The lowest BCUT2D eigenvalue weighted by Gasteiger charge is -2.07. The molecule has 0 atom stereocenters. The summed E-state index contributed by atoms with van der Waals surface area (Å²) in [5, 5.41) is 5.65. The molecular formula is C14H16N4O. The predicted molar refractivity (Wildman–Crippen MR) is 75.4 cm³/mol. The van der Waals surface area contributed by atoms with E-state index in [1.807, 2.05) is 32.0 Å². The van der Waals surface area contributed by atoms with Crippen LogP contribution in [0.5, 0.6) is 0 Å². The Hall–Kier alpha value is -2.43. The summed E-state index contributed by atoms with van der Waals surface area (Å²) < 4.78 is 0. The highest BCUT2D eigenvalue weighted by Gasteiger charge is 2.08. The molecule has 0 fully saturated rings. The second-order valence-electron chi connectivity index (χ2n) is 4.29. The van der Waals surface area contributed by atoms with Crippen molar-refractivity contribution in [3.63, 3.8) is 0 Å². The normalized spacial score (nSPS) is 10.1. The summed E-state index contributed by atoms with van der Waals surface area (Å²) in [5.74, 6) is 0.362. The van der Waals surface area contributed by atoms with Crippen molar-refractivity contribution in [2.75, 3.05) is 17.7 Å². The SMILES string of the molecule is CNc1cnc(C(=O)Nc2ccc(C)c(C)c2)cn1. The lowest BCUT2D eigenvalue weighted by molar-refractivity contribution is 0.102. The van der Waals surface area contributed by atoms with Gasteiger partial charge in [-0.2, -0.15) is 0 Å². The molecule has 1 heterocycles. The molecule has 1 aromatic heterocycles. The molecule has 98 valence electrons. The largest absolute Gasteiger partial charge is 0.372 e. The molecule has 2 rings (SSSR count). The van der Waals surface area contributed by atoms with Gasteiger partial charge in [-0.25, -0.2) is 9.97 Å². The molecule has 0 radical (unpaired) electrons. The number of hydrogen-bond donors (Lipinski definition) is 2. The number of rotatable bonds is 3. The number of hydrogen-bond acceptors (Lipinski definition) is 4. The van der Waals surface area contributed by atoms with Gasteiger partial charge in [0.1, 0.15) is 11.5 Å². The number of nitrogens with one attached hydrogen (secondary N) is 2. The molecule has 0 aliphatic heterocycles. The average molecular weight is 256 g/mol. The fourth-order valence-electron chi connectivity index (χ4n) is 1.59. The molecule has 1 amide bonds. The van der Waals surface area contributed by atoms with Gasteiger partial charge in [0.2, 0.25) is 0 Å². The van der Waals surface area contributed by atoms with E-state index in [1.165, 1.54) is 18.0 Å². The minimum absolute atomic E-state index is 0.265. The monoisotopic (exact) mass is 256 g/mol. The maximum Gasteiger partial charge on any atom is 0.275 e. The van der Waals surface area contributed by atoms with Gasteiger partial charge in [-0.05, 0) is 37.1 Å². The Kier molecular flexibility index (Phi) is 3.75. The van der Waals surface area contributed by atoms with E-state index < -0.39 is 0 Å². The molecule has 19 heavy (non-hydrogen) atoms. The van der Waals surface area contributed by atoms with E-state index in [9.17, 15) is 4.79 Å². The van der Waals surface area contributed by atoms with E-state index in [-0.39, 0.29) is 11.6 Å². The van der Waals surface area contributed by atoms with Gasteiger partial charge in [0.05, 0.1) is 12.4 Å². The summed E-state index contributed by atoms with van der Waals surface area (Å²) in [6.45, 7) is 4.04. The van der Waals surface area contributed by atoms with Crippen molar-refractivity contribution in [1.82, 2.24) is 9.97 Å². The minimum Gasteiger partial charge on any atom is -0.372 e. The summed E-state index contributed by atoms with van der Waals surface area (Å²) >= 11 is 0. The Bertz CT molecular complexity index is 593. The second kappa shape index (κ2) is 5.48. The van der Waals surface area contributed by atoms with Crippen LogP contribution in [0.25, 0.3) is 0 Å². The van der Waals surface area contributed by atoms with Crippen LogP contribution in [0, 0.1) is 13.8 Å². The standard InChI is InChI=1S/C14H16N4O/c1-9-4-5-11(6-10(9)2)18-14(19)12-7-17-13(15-3)8-16-12/h4-8H,1-3H3,(H,15,17)(H,18,19). The number of carbonyl (C=O) groups is 1. The molecule has 2 N–H and O–H groups in total. The maximum atomic E-state index is 12.0. The number of aryl methyl sites for hydroxylation is 2. The average Bonchev–Trinajstić information content (AvgIpc) is 2.43. The molecule has 0 bridgehead atoms. The second-order valence-corrected chi connectivity index (χ2v) is 4.29. The Balaban J connectivity index is 2.13. The molecule has 0 aliphatic carbocycles. The summed E-state index contributed by atoms with van der Waals surface area (Å²) in [4.78, 5) is 20.1. The number of benzene rings is 1. The lowest BCUT2D eigenvalue weighted by atomic mass is 10.1. The molecule has 0 unspecified atom stereocenters. The Morgan fingerprint density at radius 1 is 1.11 bits per heavy atom. The topological polar surface area (TPSA) is 66.9 Å².